The fraction of sp³-hybridized carbons (Fsp3) is 0.200. The van der Waals surface area contributed by atoms with E-state index >= 15 is 0 Å². The van der Waals surface area contributed by atoms with E-state index in [1.54, 1.807) is 5.38 Å². The van der Waals surface area contributed by atoms with Crippen LogP contribution in [0.25, 0.3) is 0 Å². The Bertz CT molecular complexity index is 245. The molecule has 1 aromatic rings. The molecule has 0 aliphatic heterocycles. The van der Waals surface area contributed by atoms with Gasteiger partial charge in [0.05, 0.1) is 0 Å². The Kier molecular flexibility index (Phi) is 1.86. The topological polar surface area (TPSA) is 65.8 Å². The Morgan fingerprint density at radius 2 is 2.60 bits per heavy atom. The van der Waals surface area contributed by atoms with E-state index < -0.39 is 0 Å². The molecule has 2 N–H and O–H groups in total. The van der Waals surface area contributed by atoms with Crippen molar-refractivity contribution in [1.29, 1.82) is 0 Å². The highest BCUT2D eigenvalue weighted by atomic mass is 32.1. The lowest BCUT2D eigenvalue weighted by Gasteiger charge is -1.89. The van der Waals surface area contributed by atoms with E-state index in [2.05, 4.69) is 10.3 Å². The predicted octanol–water partition coefficient (Wildman–Crippen LogP) is 0.417. The van der Waals surface area contributed by atoms with Gasteiger partial charge in [-0.25, -0.2) is 4.98 Å². The quantitative estimate of drug-likeness (QED) is 0.640. The van der Waals surface area contributed by atoms with Crippen LogP contribution in [0.1, 0.15) is 10.5 Å². The summed E-state index contributed by atoms with van der Waals surface area (Å²) in [5, 5.41) is 4.14. The van der Waals surface area contributed by atoms with Crippen molar-refractivity contribution in [3.8, 4) is 0 Å². The lowest BCUT2D eigenvalue weighted by molar-refractivity contribution is 0.0959. The van der Waals surface area contributed by atoms with Crippen LogP contribution in [0.3, 0.4) is 0 Å². The third-order valence-electron chi connectivity index (χ3n) is 0.964. The number of hydrogen-bond donors (Lipinski definition) is 1. The lowest BCUT2D eigenvalue weighted by atomic mass is 10.5. The minimum atomic E-state index is -0.241. The van der Waals surface area contributed by atoms with Crippen molar-refractivity contribution in [2.24, 2.45) is 0 Å². The normalized spacial score (nSPS) is 9.30. The van der Waals surface area contributed by atoms with Crippen LogP contribution in [0.2, 0.25) is 0 Å². The molecule has 1 aromatic heterocycles. The van der Waals surface area contributed by atoms with Crippen LogP contribution in [0.4, 0.5) is 5.13 Å². The van der Waals surface area contributed by atoms with Crippen molar-refractivity contribution in [1.82, 2.24) is 16.0 Å². The molecule has 1 heterocycles. The standard InChI is InChI=1S/C5H6N3OS/c1-7-4(9)3-2-10-5(6)8-3/h2,6H,1H3,(H,7,9). The lowest BCUT2D eigenvalue weighted by Crippen LogP contribution is -2.17. The van der Waals surface area contributed by atoms with Gasteiger partial charge in [0.1, 0.15) is 5.69 Å². The van der Waals surface area contributed by atoms with E-state index in [1.807, 2.05) is 0 Å². The molecule has 0 saturated heterocycles. The first-order valence-electron chi connectivity index (χ1n) is 2.63. The van der Waals surface area contributed by atoms with Crippen LogP contribution in [-0.2, 0) is 0 Å². The number of nitrogens with zero attached hydrogens (tertiary/aromatic N) is 1. The molecule has 0 bridgehead atoms. The Balaban J connectivity index is 2.85. The van der Waals surface area contributed by atoms with E-state index in [1.165, 1.54) is 7.05 Å². The first-order chi connectivity index (χ1) is 4.74. The SMILES string of the molecule is CNC(=O)c1csc([NH])n1. The van der Waals surface area contributed by atoms with E-state index in [-0.39, 0.29) is 11.0 Å². The maximum absolute atomic E-state index is 10.8. The van der Waals surface area contributed by atoms with E-state index in [0.29, 0.717) is 5.69 Å². The van der Waals surface area contributed by atoms with Gasteiger partial charge in [-0.1, -0.05) is 0 Å². The molecule has 5 heteroatoms. The summed E-state index contributed by atoms with van der Waals surface area (Å²) >= 11 is 1.14. The molecule has 0 spiro atoms. The monoisotopic (exact) mass is 156 g/mol. The molecule has 0 saturated carbocycles. The van der Waals surface area contributed by atoms with E-state index in [4.69, 9.17) is 5.73 Å². The Labute approximate surface area is 62.1 Å². The van der Waals surface area contributed by atoms with Gasteiger partial charge < -0.3 is 5.32 Å². The maximum atomic E-state index is 10.8. The fourth-order valence-corrected chi connectivity index (χ4v) is 1.04. The molecule has 0 atom stereocenters. The molecule has 0 fully saturated rings. The molecule has 4 nitrogen and oxygen atoms in total. The van der Waals surface area contributed by atoms with Crippen LogP contribution >= 0.6 is 11.3 Å². The predicted molar refractivity (Wildman–Crippen MR) is 38.3 cm³/mol. The van der Waals surface area contributed by atoms with Crippen LogP contribution in [0.5, 0.6) is 0 Å². The molecule has 1 radical (unpaired) electrons. The van der Waals surface area contributed by atoms with Crippen molar-refractivity contribution in [3.05, 3.63) is 11.1 Å². The zero-order valence-electron chi connectivity index (χ0n) is 5.34. The summed E-state index contributed by atoms with van der Waals surface area (Å²) in [5.74, 6) is -0.241. The number of carbonyl (C=O) groups excluding carboxylic acids is 1. The maximum Gasteiger partial charge on any atom is 0.270 e. The number of amides is 1. The number of carbonyl (C=O) groups is 1. The van der Waals surface area contributed by atoms with Crippen molar-refractivity contribution in [3.63, 3.8) is 0 Å². The van der Waals surface area contributed by atoms with Gasteiger partial charge in [0.25, 0.3) is 5.91 Å². The second-order valence-corrected chi connectivity index (χ2v) is 2.48. The van der Waals surface area contributed by atoms with Gasteiger partial charge in [0.2, 0.25) is 5.13 Å². The highest BCUT2D eigenvalue weighted by Crippen LogP contribution is 2.11. The first-order valence-corrected chi connectivity index (χ1v) is 3.51. The number of thiazole rings is 1. The Hall–Kier alpha value is -1.10. The smallest absolute Gasteiger partial charge is 0.270 e. The molecular formula is C5H6N3OS. The van der Waals surface area contributed by atoms with Gasteiger partial charge >= 0.3 is 0 Å². The summed E-state index contributed by atoms with van der Waals surface area (Å²) in [7, 11) is 1.53. The van der Waals surface area contributed by atoms with Crippen molar-refractivity contribution >= 4 is 22.4 Å². The molecule has 1 rings (SSSR count). The number of hydrogen-bond acceptors (Lipinski definition) is 3. The van der Waals surface area contributed by atoms with Crippen molar-refractivity contribution < 1.29 is 4.79 Å². The second-order valence-electron chi connectivity index (χ2n) is 1.62. The van der Waals surface area contributed by atoms with Crippen molar-refractivity contribution in [2.75, 3.05) is 7.05 Å². The van der Waals surface area contributed by atoms with Gasteiger partial charge in [0.15, 0.2) is 0 Å². The molecule has 53 valence electrons. The number of rotatable bonds is 1. The van der Waals surface area contributed by atoms with Gasteiger partial charge in [0, 0.05) is 12.4 Å². The zero-order valence-corrected chi connectivity index (χ0v) is 6.16. The molecule has 0 aliphatic rings. The summed E-state index contributed by atoms with van der Waals surface area (Å²) < 4.78 is 0. The largest absolute Gasteiger partial charge is 0.354 e. The Morgan fingerprint density at radius 3 is 3.00 bits per heavy atom. The highest BCUT2D eigenvalue weighted by Gasteiger charge is 2.05. The van der Waals surface area contributed by atoms with Gasteiger partial charge in [-0.05, 0) is 0 Å². The second kappa shape index (κ2) is 2.66. The minimum absolute atomic E-state index is 0.165. The van der Waals surface area contributed by atoms with Crippen LogP contribution in [0.15, 0.2) is 5.38 Å². The minimum Gasteiger partial charge on any atom is -0.354 e. The number of aromatic nitrogens is 1. The van der Waals surface area contributed by atoms with Gasteiger partial charge in [-0.3, -0.25) is 10.5 Å². The zero-order chi connectivity index (χ0) is 7.56. The summed E-state index contributed by atoms with van der Waals surface area (Å²) in [6.07, 6.45) is 0. The first kappa shape index (κ1) is 7.01. The third kappa shape index (κ3) is 1.24. The Morgan fingerprint density at radius 1 is 1.90 bits per heavy atom. The van der Waals surface area contributed by atoms with Gasteiger partial charge in [-0.2, -0.15) is 0 Å². The molecular weight excluding hydrogens is 150 g/mol. The van der Waals surface area contributed by atoms with E-state index in [9.17, 15) is 4.79 Å². The summed E-state index contributed by atoms with van der Waals surface area (Å²) in [6, 6.07) is 0. The summed E-state index contributed by atoms with van der Waals surface area (Å²) in [5.41, 5.74) is 7.33. The summed E-state index contributed by atoms with van der Waals surface area (Å²) in [4.78, 5) is 14.4. The third-order valence-corrected chi connectivity index (χ3v) is 1.62. The molecule has 0 unspecified atom stereocenters. The molecule has 0 aromatic carbocycles. The van der Waals surface area contributed by atoms with E-state index in [0.717, 1.165) is 11.3 Å². The van der Waals surface area contributed by atoms with Crippen LogP contribution in [0, 0.1) is 0 Å². The van der Waals surface area contributed by atoms with Gasteiger partial charge in [-0.15, -0.1) is 11.3 Å². The fourth-order valence-electron chi connectivity index (χ4n) is 0.506. The molecule has 0 aliphatic carbocycles. The molecule has 10 heavy (non-hydrogen) atoms. The highest BCUT2D eigenvalue weighted by molar-refractivity contribution is 7.13. The average Bonchev–Trinajstić information content (AvgIpc) is 2.34. The van der Waals surface area contributed by atoms with Crippen molar-refractivity contribution in [2.45, 2.75) is 0 Å². The summed E-state index contributed by atoms with van der Waals surface area (Å²) in [6.45, 7) is 0. The number of nitrogens with one attached hydrogen (secondary N) is 2. The van der Waals surface area contributed by atoms with Crippen LogP contribution in [-0.4, -0.2) is 17.9 Å². The average molecular weight is 156 g/mol. The molecule has 1 amide bonds. The van der Waals surface area contributed by atoms with Crippen LogP contribution < -0.4 is 11.1 Å².